The summed E-state index contributed by atoms with van der Waals surface area (Å²) in [5, 5.41) is 3.81. The zero-order valence-electron chi connectivity index (χ0n) is 13.6. The van der Waals surface area contributed by atoms with Gasteiger partial charge < -0.3 is 9.80 Å². The normalized spacial score (nSPS) is 16.8. The number of nitrogens with zero attached hydrogens (tertiary/aromatic N) is 3. The van der Waals surface area contributed by atoms with E-state index in [1.165, 1.54) is 11.1 Å². The maximum Gasteiger partial charge on any atom is 0.408 e. The van der Waals surface area contributed by atoms with Crippen LogP contribution >= 0.6 is 0 Å². The topological polar surface area (TPSA) is 42.6 Å². The number of likely N-dealkylation sites (N-methyl/N-ethyl adjacent to an activating group) is 1. The van der Waals surface area contributed by atoms with E-state index in [2.05, 4.69) is 12.0 Å². The van der Waals surface area contributed by atoms with Crippen LogP contribution in [0.1, 0.15) is 36.3 Å². The highest BCUT2D eigenvalue weighted by atomic mass is 19.4. The average Bonchev–Trinajstić information content (AvgIpc) is 2.88. The van der Waals surface area contributed by atoms with E-state index in [9.17, 15) is 18.0 Å². The molecule has 1 amide bonds. The molecular formula is C15H24F3N4O+. The molecule has 1 aliphatic rings. The van der Waals surface area contributed by atoms with Gasteiger partial charge in [0.25, 0.3) is 5.91 Å². The number of aromatic nitrogens is 2. The standard InChI is InChI=1S/C15H23F3N4O/c1-3-5-13-12(10-19-22(13)11-15(16,17)18)14(23)21-8-6-20(4-2)7-9-21/h10H,3-9,11H2,1-2H3/p+1. The molecule has 0 aliphatic carbocycles. The Bertz CT molecular complexity index is 533. The fourth-order valence-electron chi connectivity index (χ4n) is 2.95. The molecule has 1 aliphatic heterocycles. The van der Waals surface area contributed by atoms with Gasteiger partial charge in [0.15, 0.2) is 0 Å². The van der Waals surface area contributed by atoms with E-state index >= 15 is 0 Å². The van der Waals surface area contributed by atoms with Crippen molar-refractivity contribution in [2.75, 3.05) is 32.7 Å². The molecular weight excluding hydrogens is 309 g/mol. The molecule has 2 rings (SSSR count). The van der Waals surface area contributed by atoms with Crippen molar-refractivity contribution in [1.29, 1.82) is 0 Å². The molecule has 0 aromatic carbocycles. The Hall–Kier alpha value is -1.57. The number of hydrogen-bond acceptors (Lipinski definition) is 2. The van der Waals surface area contributed by atoms with E-state index in [-0.39, 0.29) is 5.91 Å². The van der Waals surface area contributed by atoms with Crippen LogP contribution < -0.4 is 4.90 Å². The summed E-state index contributed by atoms with van der Waals surface area (Å²) in [4.78, 5) is 15.8. The van der Waals surface area contributed by atoms with E-state index in [0.717, 1.165) is 24.3 Å². The highest BCUT2D eigenvalue weighted by Gasteiger charge is 2.32. The number of rotatable bonds is 5. The molecule has 0 radical (unpaired) electrons. The maximum absolute atomic E-state index is 12.7. The molecule has 1 fully saturated rings. The summed E-state index contributed by atoms with van der Waals surface area (Å²) < 4.78 is 38.9. The summed E-state index contributed by atoms with van der Waals surface area (Å²) in [7, 11) is 0. The lowest BCUT2D eigenvalue weighted by atomic mass is 10.1. The van der Waals surface area contributed by atoms with E-state index < -0.39 is 12.7 Å². The minimum Gasteiger partial charge on any atom is -0.332 e. The number of carbonyl (C=O) groups excluding carboxylic acids is 1. The summed E-state index contributed by atoms with van der Waals surface area (Å²) >= 11 is 0. The molecule has 0 atom stereocenters. The third kappa shape index (κ3) is 4.46. The van der Waals surface area contributed by atoms with Crippen LogP contribution in [-0.2, 0) is 13.0 Å². The number of nitrogens with one attached hydrogen (secondary N) is 1. The first-order valence-electron chi connectivity index (χ1n) is 8.10. The van der Waals surface area contributed by atoms with Gasteiger partial charge in [-0.05, 0) is 13.3 Å². The monoisotopic (exact) mass is 333 g/mol. The van der Waals surface area contributed by atoms with E-state index in [1.54, 1.807) is 4.90 Å². The zero-order valence-corrected chi connectivity index (χ0v) is 13.6. The largest absolute Gasteiger partial charge is 0.408 e. The molecule has 8 heteroatoms. The minimum atomic E-state index is -4.34. The number of quaternary nitrogens is 1. The molecule has 0 saturated carbocycles. The van der Waals surface area contributed by atoms with Crippen LogP contribution in [0.3, 0.4) is 0 Å². The Balaban J connectivity index is 2.16. The molecule has 130 valence electrons. The van der Waals surface area contributed by atoms with E-state index in [4.69, 9.17) is 0 Å². The lowest BCUT2D eigenvalue weighted by Gasteiger charge is -2.31. The van der Waals surface area contributed by atoms with Crippen LogP contribution in [0.25, 0.3) is 0 Å². The van der Waals surface area contributed by atoms with Gasteiger partial charge >= 0.3 is 6.18 Å². The van der Waals surface area contributed by atoms with Gasteiger partial charge in [-0.3, -0.25) is 9.48 Å². The van der Waals surface area contributed by atoms with Gasteiger partial charge in [-0.25, -0.2) is 0 Å². The molecule has 2 heterocycles. The molecule has 0 unspecified atom stereocenters. The molecule has 5 nitrogen and oxygen atoms in total. The third-order valence-corrected chi connectivity index (χ3v) is 4.25. The van der Waals surface area contributed by atoms with Crippen molar-refractivity contribution in [2.24, 2.45) is 0 Å². The molecule has 1 aromatic rings. The Morgan fingerprint density at radius 1 is 1.30 bits per heavy atom. The number of carbonyl (C=O) groups is 1. The fourth-order valence-corrected chi connectivity index (χ4v) is 2.95. The first-order chi connectivity index (χ1) is 10.9. The Morgan fingerprint density at radius 2 is 1.96 bits per heavy atom. The summed E-state index contributed by atoms with van der Waals surface area (Å²) in [5.74, 6) is -0.197. The number of alkyl halides is 3. The Morgan fingerprint density at radius 3 is 2.48 bits per heavy atom. The van der Waals surface area contributed by atoms with E-state index in [0.29, 0.717) is 37.2 Å². The zero-order chi connectivity index (χ0) is 17.0. The Labute approximate surface area is 134 Å². The molecule has 1 aromatic heterocycles. The van der Waals surface area contributed by atoms with Crippen LogP contribution in [0.15, 0.2) is 6.20 Å². The average molecular weight is 333 g/mol. The predicted molar refractivity (Wildman–Crippen MR) is 79.4 cm³/mol. The van der Waals surface area contributed by atoms with Crippen molar-refractivity contribution in [1.82, 2.24) is 14.7 Å². The molecule has 1 N–H and O–H groups in total. The highest BCUT2D eigenvalue weighted by Crippen LogP contribution is 2.21. The van der Waals surface area contributed by atoms with Crippen molar-refractivity contribution in [3.8, 4) is 0 Å². The first kappa shape index (κ1) is 17.8. The molecule has 0 bridgehead atoms. The van der Waals surface area contributed by atoms with Crippen LogP contribution in [0.4, 0.5) is 13.2 Å². The van der Waals surface area contributed by atoms with Crippen molar-refractivity contribution >= 4 is 5.91 Å². The van der Waals surface area contributed by atoms with Gasteiger partial charge in [0.1, 0.15) is 6.54 Å². The summed E-state index contributed by atoms with van der Waals surface area (Å²) in [5.41, 5.74) is 0.705. The number of piperazine rings is 1. The number of amides is 1. The number of halogens is 3. The molecule has 1 saturated heterocycles. The lowest BCUT2D eigenvalue weighted by Crippen LogP contribution is -3.14. The predicted octanol–water partition coefficient (Wildman–Crippen LogP) is 0.758. The second-order valence-electron chi connectivity index (χ2n) is 5.92. The van der Waals surface area contributed by atoms with Gasteiger partial charge in [-0.15, -0.1) is 0 Å². The summed E-state index contributed by atoms with van der Waals surface area (Å²) in [6, 6.07) is 0. The third-order valence-electron chi connectivity index (χ3n) is 4.25. The van der Waals surface area contributed by atoms with Gasteiger partial charge in [-0.1, -0.05) is 13.3 Å². The summed E-state index contributed by atoms with van der Waals surface area (Å²) in [6.45, 7) is 6.88. The second-order valence-corrected chi connectivity index (χ2v) is 5.92. The fraction of sp³-hybridized carbons (Fsp3) is 0.733. The van der Waals surface area contributed by atoms with Crippen LogP contribution in [0.2, 0.25) is 0 Å². The van der Waals surface area contributed by atoms with Crippen LogP contribution in [0.5, 0.6) is 0 Å². The first-order valence-corrected chi connectivity index (χ1v) is 8.10. The van der Waals surface area contributed by atoms with Crippen molar-refractivity contribution in [3.05, 3.63) is 17.5 Å². The van der Waals surface area contributed by atoms with E-state index in [1.807, 2.05) is 6.92 Å². The van der Waals surface area contributed by atoms with Crippen molar-refractivity contribution < 1.29 is 22.9 Å². The SMILES string of the molecule is CCCc1c(C(=O)N2CC[NH+](CC)CC2)cnn1CC(F)(F)F. The molecule has 0 spiro atoms. The summed E-state index contributed by atoms with van der Waals surface area (Å²) in [6.07, 6.45) is -1.97. The van der Waals surface area contributed by atoms with Crippen LogP contribution in [-0.4, -0.2) is 59.5 Å². The minimum absolute atomic E-state index is 0.197. The van der Waals surface area contributed by atoms with Crippen molar-refractivity contribution in [2.45, 2.75) is 39.4 Å². The molecule has 23 heavy (non-hydrogen) atoms. The van der Waals surface area contributed by atoms with Gasteiger partial charge in [0.05, 0.1) is 50.2 Å². The highest BCUT2D eigenvalue weighted by molar-refractivity contribution is 5.95. The van der Waals surface area contributed by atoms with Crippen LogP contribution in [0, 0.1) is 0 Å². The van der Waals surface area contributed by atoms with Gasteiger partial charge in [0.2, 0.25) is 0 Å². The second kappa shape index (κ2) is 7.33. The van der Waals surface area contributed by atoms with Gasteiger partial charge in [0, 0.05) is 0 Å². The smallest absolute Gasteiger partial charge is 0.332 e. The van der Waals surface area contributed by atoms with Crippen molar-refractivity contribution in [3.63, 3.8) is 0 Å². The lowest BCUT2D eigenvalue weighted by molar-refractivity contribution is -0.902. The Kier molecular flexibility index (Phi) is 5.67. The maximum atomic E-state index is 12.7. The van der Waals surface area contributed by atoms with Gasteiger partial charge in [-0.2, -0.15) is 18.3 Å². The number of hydrogen-bond donors (Lipinski definition) is 1. The quantitative estimate of drug-likeness (QED) is 0.864.